The molecule has 0 spiro atoms. The van der Waals surface area contributed by atoms with Crippen LogP contribution in [-0.4, -0.2) is 16.1 Å². The highest BCUT2D eigenvalue weighted by molar-refractivity contribution is 6.29. The molecule has 0 fully saturated rings. The highest BCUT2D eigenvalue weighted by Gasteiger charge is 2.01. The van der Waals surface area contributed by atoms with E-state index in [0.717, 1.165) is 0 Å². The number of hydrogen-bond acceptors (Lipinski definition) is 4. The van der Waals surface area contributed by atoms with Crippen molar-refractivity contribution >= 4 is 17.5 Å². The first-order valence-electron chi connectivity index (χ1n) is 5.16. The smallest absolute Gasteiger partial charge is 0.248 e. The quantitative estimate of drug-likeness (QED) is 0.912. The van der Waals surface area contributed by atoms with Gasteiger partial charge >= 0.3 is 0 Å². The van der Waals surface area contributed by atoms with Crippen LogP contribution in [0.2, 0.25) is 5.15 Å². The summed E-state index contributed by atoms with van der Waals surface area (Å²) in [6, 6.07) is 9.92. The maximum Gasteiger partial charge on any atom is 0.248 e. The molecule has 6 heteroatoms. The molecule has 18 heavy (non-hydrogen) atoms. The van der Waals surface area contributed by atoms with Crippen LogP contribution in [0.5, 0.6) is 5.75 Å². The van der Waals surface area contributed by atoms with Crippen LogP contribution in [0.3, 0.4) is 0 Å². The van der Waals surface area contributed by atoms with Gasteiger partial charge in [-0.1, -0.05) is 11.6 Å². The van der Waals surface area contributed by atoms with E-state index in [2.05, 4.69) is 10.2 Å². The van der Waals surface area contributed by atoms with Gasteiger partial charge in [-0.3, -0.25) is 4.79 Å². The van der Waals surface area contributed by atoms with Gasteiger partial charge < -0.3 is 10.5 Å². The average Bonchev–Trinajstić information content (AvgIpc) is 2.38. The molecule has 0 aliphatic carbocycles. The van der Waals surface area contributed by atoms with Crippen molar-refractivity contribution in [2.24, 2.45) is 5.73 Å². The van der Waals surface area contributed by atoms with E-state index in [4.69, 9.17) is 22.1 Å². The van der Waals surface area contributed by atoms with Gasteiger partial charge in [0.1, 0.15) is 18.1 Å². The van der Waals surface area contributed by atoms with Crippen molar-refractivity contribution in [3.8, 4) is 5.75 Å². The van der Waals surface area contributed by atoms with Crippen molar-refractivity contribution in [3.63, 3.8) is 0 Å². The van der Waals surface area contributed by atoms with Gasteiger partial charge in [-0.25, -0.2) is 0 Å². The molecule has 2 aromatic rings. The number of primary amides is 1. The zero-order valence-electron chi connectivity index (χ0n) is 9.34. The fourth-order valence-corrected chi connectivity index (χ4v) is 1.39. The van der Waals surface area contributed by atoms with Crippen molar-refractivity contribution in [3.05, 3.63) is 52.8 Å². The first-order chi connectivity index (χ1) is 8.65. The molecule has 1 amide bonds. The third-order valence-corrected chi connectivity index (χ3v) is 2.41. The maximum atomic E-state index is 10.9. The number of nitrogens with two attached hydrogens (primary N) is 1. The molecule has 0 unspecified atom stereocenters. The van der Waals surface area contributed by atoms with E-state index in [1.165, 1.54) is 0 Å². The van der Waals surface area contributed by atoms with Crippen molar-refractivity contribution in [2.45, 2.75) is 6.61 Å². The first-order valence-corrected chi connectivity index (χ1v) is 5.54. The number of aromatic nitrogens is 2. The van der Waals surface area contributed by atoms with Crippen LogP contribution in [0, 0.1) is 0 Å². The van der Waals surface area contributed by atoms with Crippen LogP contribution < -0.4 is 10.5 Å². The van der Waals surface area contributed by atoms with Gasteiger partial charge in [0, 0.05) is 5.56 Å². The summed E-state index contributed by atoms with van der Waals surface area (Å²) in [5, 5.41) is 7.90. The molecule has 0 saturated heterocycles. The zero-order chi connectivity index (χ0) is 13.0. The van der Waals surface area contributed by atoms with E-state index in [0.29, 0.717) is 22.2 Å². The zero-order valence-corrected chi connectivity index (χ0v) is 10.1. The second-order valence-electron chi connectivity index (χ2n) is 3.52. The number of carbonyl (C=O) groups is 1. The normalized spacial score (nSPS) is 10.1. The van der Waals surface area contributed by atoms with Crippen LogP contribution in [0.1, 0.15) is 16.1 Å². The minimum atomic E-state index is -0.467. The Balaban J connectivity index is 1.97. The monoisotopic (exact) mass is 263 g/mol. The minimum absolute atomic E-state index is 0.278. The molecule has 1 aromatic carbocycles. The number of rotatable bonds is 4. The van der Waals surface area contributed by atoms with E-state index in [-0.39, 0.29) is 6.61 Å². The Morgan fingerprint density at radius 2 is 1.89 bits per heavy atom. The third kappa shape index (κ3) is 3.18. The molecule has 0 aliphatic heterocycles. The number of nitrogens with zero attached hydrogens (tertiary/aromatic N) is 2. The molecule has 0 saturated carbocycles. The number of ether oxygens (including phenoxy) is 1. The largest absolute Gasteiger partial charge is 0.487 e. The lowest BCUT2D eigenvalue weighted by Crippen LogP contribution is -2.10. The molecule has 0 atom stereocenters. The van der Waals surface area contributed by atoms with Gasteiger partial charge in [-0.2, -0.15) is 5.10 Å². The summed E-state index contributed by atoms with van der Waals surface area (Å²) in [7, 11) is 0. The van der Waals surface area contributed by atoms with Crippen molar-refractivity contribution in [2.75, 3.05) is 0 Å². The average molecular weight is 264 g/mol. The molecule has 2 rings (SSSR count). The van der Waals surface area contributed by atoms with Gasteiger partial charge in [-0.15, -0.1) is 5.10 Å². The van der Waals surface area contributed by atoms with Crippen LogP contribution in [0.4, 0.5) is 0 Å². The second-order valence-corrected chi connectivity index (χ2v) is 3.91. The van der Waals surface area contributed by atoms with E-state index in [1.54, 1.807) is 36.4 Å². The van der Waals surface area contributed by atoms with Crippen LogP contribution >= 0.6 is 11.6 Å². The maximum absolute atomic E-state index is 10.9. The van der Waals surface area contributed by atoms with Crippen LogP contribution in [0.15, 0.2) is 36.4 Å². The van der Waals surface area contributed by atoms with E-state index >= 15 is 0 Å². The van der Waals surface area contributed by atoms with E-state index < -0.39 is 5.91 Å². The highest BCUT2D eigenvalue weighted by atomic mass is 35.5. The summed E-state index contributed by atoms with van der Waals surface area (Å²) < 4.78 is 5.47. The summed E-state index contributed by atoms with van der Waals surface area (Å²) >= 11 is 5.62. The SMILES string of the molecule is NC(=O)c1ccc(OCc2ccc(Cl)nn2)cc1. The van der Waals surface area contributed by atoms with Crippen LogP contribution in [-0.2, 0) is 6.61 Å². The number of carbonyl (C=O) groups excluding carboxylic acids is 1. The highest BCUT2D eigenvalue weighted by Crippen LogP contribution is 2.13. The predicted octanol–water partition coefficient (Wildman–Crippen LogP) is 1.81. The van der Waals surface area contributed by atoms with E-state index in [9.17, 15) is 4.79 Å². The Morgan fingerprint density at radius 3 is 2.44 bits per heavy atom. The lowest BCUT2D eigenvalue weighted by atomic mass is 10.2. The summed E-state index contributed by atoms with van der Waals surface area (Å²) in [4.78, 5) is 10.9. The Morgan fingerprint density at radius 1 is 1.17 bits per heavy atom. The van der Waals surface area contributed by atoms with Gasteiger partial charge in [0.25, 0.3) is 0 Å². The number of amides is 1. The molecular formula is C12H10ClN3O2. The summed E-state index contributed by atoms with van der Waals surface area (Å²) in [5.41, 5.74) is 6.24. The topological polar surface area (TPSA) is 78.1 Å². The Bertz CT molecular complexity index is 540. The third-order valence-electron chi connectivity index (χ3n) is 2.21. The summed E-state index contributed by atoms with van der Waals surface area (Å²) in [6.45, 7) is 0.278. The van der Waals surface area contributed by atoms with E-state index in [1.807, 2.05) is 0 Å². The summed E-state index contributed by atoms with van der Waals surface area (Å²) in [6.07, 6.45) is 0. The first kappa shape index (κ1) is 12.3. The minimum Gasteiger partial charge on any atom is -0.487 e. The molecule has 5 nitrogen and oxygen atoms in total. The molecule has 1 aromatic heterocycles. The summed E-state index contributed by atoms with van der Waals surface area (Å²) in [5.74, 6) is 0.155. The predicted molar refractivity (Wildman–Crippen MR) is 66.3 cm³/mol. The van der Waals surface area contributed by atoms with Gasteiger partial charge in [0.2, 0.25) is 5.91 Å². The molecule has 2 N–H and O–H groups in total. The molecule has 92 valence electrons. The molecule has 0 radical (unpaired) electrons. The lowest BCUT2D eigenvalue weighted by Gasteiger charge is -2.05. The van der Waals surface area contributed by atoms with Gasteiger partial charge in [0.05, 0.1) is 0 Å². The van der Waals surface area contributed by atoms with Gasteiger partial charge in [-0.05, 0) is 36.4 Å². The number of hydrogen-bond donors (Lipinski definition) is 1. The fourth-order valence-electron chi connectivity index (χ4n) is 1.29. The molecule has 0 aliphatic rings. The van der Waals surface area contributed by atoms with Gasteiger partial charge in [0.15, 0.2) is 5.15 Å². The number of halogens is 1. The van der Waals surface area contributed by atoms with Crippen molar-refractivity contribution in [1.82, 2.24) is 10.2 Å². The lowest BCUT2D eigenvalue weighted by molar-refractivity contribution is 0.100. The van der Waals surface area contributed by atoms with Crippen molar-refractivity contribution < 1.29 is 9.53 Å². The second kappa shape index (κ2) is 5.46. The molecule has 1 heterocycles. The molecular weight excluding hydrogens is 254 g/mol. The number of benzene rings is 1. The van der Waals surface area contributed by atoms with Crippen LogP contribution in [0.25, 0.3) is 0 Å². The van der Waals surface area contributed by atoms with Crippen molar-refractivity contribution in [1.29, 1.82) is 0 Å². The fraction of sp³-hybridized carbons (Fsp3) is 0.0833. The Hall–Kier alpha value is -2.14. The standard InChI is InChI=1S/C12H10ClN3O2/c13-11-6-3-9(15-16-11)7-18-10-4-1-8(2-5-10)12(14)17/h1-6H,7H2,(H2,14,17). The molecule has 0 bridgehead atoms. The Kier molecular flexibility index (Phi) is 3.74. The Labute approximate surface area is 109 Å².